The lowest BCUT2D eigenvalue weighted by Gasteiger charge is -2.34. The van der Waals surface area contributed by atoms with E-state index in [0.29, 0.717) is 18.8 Å². The molecule has 2 amide bonds. The van der Waals surface area contributed by atoms with E-state index in [1.165, 1.54) is 0 Å². The van der Waals surface area contributed by atoms with Gasteiger partial charge in [-0.1, -0.05) is 0 Å². The van der Waals surface area contributed by atoms with Crippen molar-refractivity contribution in [3.05, 3.63) is 0 Å². The van der Waals surface area contributed by atoms with E-state index in [4.69, 9.17) is 5.11 Å². The van der Waals surface area contributed by atoms with Crippen LogP contribution in [0.1, 0.15) is 12.8 Å². The van der Waals surface area contributed by atoms with E-state index >= 15 is 0 Å². The number of carboxylic acids is 1. The van der Waals surface area contributed by atoms with E-state index in [1.54, 1.807) is 16.7 Å². The van der Waals surface area contributed by atoms with Crippen molar-refractivity contribution >= 4 is 23.8 Å². The van der Waals surface area contributed by atoms with Gasteiger partial charge in [-0.2, -0.15) is 11.8 Å². The number of amides is 2. The molecule has 0 aromatic rings. The average molecular weight is 289 g/mol. The highest BCUT2D eigenvalue weighted by Gasteiger charge is 2.28. The van der Waals surface area contributed by atoms with Crippen LogP contribution in [0.15, 0.2) is 0 Å². The summed E-state index contributed by atoms with van der Waals surface area (Å²) in [5.41, 5.74) is 0. The first kappa shape index (κ1) is 16.1. The molecule has 19 heavy (non-hydrogen) atoms. The molecule has 110 valence electrons. The number of nitrogens with zero attached hydrogens (tertiary/aromatic N) is 2. The molecule has 0 aromatic carbocycles. The normalized spacial score (nSPS) is 19.5. The molecule has 0 bridgehead atoms. The molecule has 0 saturated carbocycles. The highest BCUT2D eigenvalue weighted by Crippen LogP contribution is 2.18. The topological polar surface area (TPSA) is 72.9 Å². The van der Waals surface area contributed by atoms with Crippen molar-refractivity contribution < 1.29 is 14.7 Å². The molecular weight excluding hydrogens is 266 g/mol. The zero-order valence-electron chi connectivity index (χ0n) is 11.6. The first-order valence-electron chi connectivity index (χ1n) is 6.49. The fourth-order valence-corrected chi connectivity index (χ4v) is 3.05. The van der Waals surface area contributed by atoms with E-state index in [9.17, 15) is 9.59 Å². The van der Waals surface area contributed by atoms with Gasteiger partial charge in [0.15, 0.2) is 0 Å². The Balaban J connectivity index is 2.37. The zero-order valence-corrected chi connectivity index (χ0v) is 12.4. The van der Waals surface area contributed by atoms with Crippen LogP contribution in [-0.2, 0) is 4.79 Å². The van der Waals surface area contributed by atoms with Crippen molar-refractivity contribution in [2.24, 2.45) is 0 Å². The van der Waals surface area contributed by atoms with Crippen molar-refractivity contribution in [2.75, 3.05) is 45.2 Å². The molecule has 2 N–H and O–H groups in total. The standard InChI is InChI=1S/C12H23N3O3S/c1-14(2)5-3-4-13-12(18)15-6-7-19-9-10(15)8-11(16)17/h10H,3-9H2,1-2H3,(H,13,18)(H,16,17). The van der Waals surface area contributed by atoms with Gasteiger partial charge in [0, 0.05) is 24.6 Å². The number of urea groups is 1. The van der Waals surface area contributed by atoms with Crippen LogP contribution in [-0.4, -0.2) is 78.2 Å². The van der Waals surface area contributed by atoms with Gasteiger partial charge in [0.25, 0.3) is 0 Å². The largest absolute Gasteiger partial charge is 0.481 e. The highest BCUT2D eigenvalue weighted by molar-refractivity contribution is 7.99. The Kier molecular flexibility index (Phi) is 7.01. The molecule has 0 spiro atoms. The van der Waals surface area contributed by atoms with E-state index in [1.807, 2.05) is 14.1 Å². The van der Waals surface area contributed by atoms with Crippen LogP contribution < -0.4 is 5.32 Å². The second kappa shape index (κ2) is 8.27. The predicted molar refractivity (Wildman–Crippen MR) is 76.6 cm³/mol. The summed E-state index contributed by atoms with van der Waals surface area (Å²) in [7, 11) is 3.99. The quantitative estimate of drug-likeness (QED) is 0.698. The summed E-state index contributed by atoms with van der Waals surface area (Å²) in [5.74, 6) is 0.733. The Morgan fingerprint density at radius 2 is 2.21 bits per heavy atom. The van der Waals surface area contributed by atoms with Crippen LogP contribution in [0, 0.1) is 0 Å². The first-order chi connectivity index (χ1) is 9.00. The van der Waals surface area contributed by atoms with Crippen molar-refractivity contribution in [3.63, 3.8) is 0 Å². The molecule has 1 rings (SSSR count). The van der Waals surface area contributed by atoms with Crippen LogP contribution >= 0.6 is 11.8 Å². The van der Waals surface area contributed by atoms with E-state index in [0.717, 1.165) is 18.7 Å². The summed E-state index contributed by atoms with van der Waals surface area (Å²) in [6.07, 6.45) is 0.920. The first-order valence-corrected chi connectivity index (χ1v) is 7.65. The Hall–Kier alpha value is -0.950. The van der Waals surface area contributed by atoms with Gasteiger partial charge in [-0.15, -0.1) is 0 Å². The van der Waals surface area contributed by atoms with Crippen LogP contribution in [0.4, 0.5) is 4.79 Å². The fraction of sp³-hybridized carbons (Fsp3) is 0.833. The Morgan fingerprint density at radius 3 is 2.84 bits per heavy atom. The molecule has 6 nitrogen and oxygen atoms in total. The van der Waals surface area contributed by atoms with E-state index in [-0.39, 0.29) is 18.5 Å². The highest BCUT2D eigenvalue weighted by atomic mass is 32.2. The zero-order chi connectivity index (χ0) is 14.3. The van der Waals surface area contributed by atoms with E-state index < -0.39 is 5.97 Å². The maximum absolute atomic E-state index is 12.0. The third kappa shape index (κ3) is 6.15. The summed E-state index contributed by atoms with van der Waals surface area (Å²) in [6, 6.07) is -0.324. The van der Waals surface area contributed by atoms with Crippen LogP contribution in [0.2, 0.25) is 0 Å². The SMILES string of the molecule is CN(C)CCCNC(=O)N1CCSCC1CC(=O)O. The molecule has 1 fully saturated rings. The Labute approximate surface area is 118 Å². The summed E-state index contributed by atoms with van der Waals surface area (Å²) in [6.45, 7) is 2.18. The van der Waals surface area contributed by atoms with Gasteiger partial charge in [-0.05, 0) is 27.1 Å². The number of nitrogens with one attached hydrogen (secondary N) is 1. The maximum atomic E-state index is 12.0. The van der Waals surface area contributed by atoms with Gasteiger partial charge in [-0.3, -0.25) is 4.79 Å². The molecule has 0 aliphatic carbocycles. The lowest BCUT2D eigenvalue weighted by Crippen LogP contribution is -2.51. The van der Waals surface area contributed by atoms with E-state index in [2.05, 4.69) is 10.2 Å². The van der Waals surface area contributed by atoms with Gasteiger partial charge in [0.05, 0.1) is 12.5 Å². The minimum atomic E-state index is -0.849. The molecule has 1 aliphatic rings. The number of aliphatic carboxylic acids is 1. The third-order valence-electron chi connectivity index (χ3n) is 2.96. The Morgan fingerprint density at radius 1 is 1.47 bits per heavy atom. The lowest BCUT2D eigenvalue weighted by atomic mass is 10.2. The van der Waals surface area contributed by atoms with Crippen LogP contribution in [0.5, 0.6) is 0 Å². The summed E-state index contributed by atoms with van der Waals surface area (Å²) in [4.78, 5) is 26.6. The number of thioether (sulfide) groups is 1. The van der Waals surface area contributed by atoms with Crippen molar-refractivity contribution in [3.8, 4) is 0 Å². The molecule has 1 unspecified atom stereocenters. The minimum Gasteiger partial charge on any atom is -0.481 e. The van der Waals surface area contributed by atoms with Gasteiger partial charge >= 0.3 is 12.0 Å². The molecule has 7 heteroatoms. The number of carboxylic acid groups (broad SMARTS) is 1. The smallest absolute Gasteiger partial charge is 0.317 e. The third-order valence-corrected chi connectivity index (χ3v) is 4.05. The predicted octanol–water partition coefficient (Wildman–Crippen LogP) is 0.540. The molecule has 1 atom stereocenters. The Bertz CT molecular complexity index is 313. The number of carbonyl (C=O) groups excluding carboxylic acids is 1. The maximum Gasteiger partial charge on any atom is 0.317 e. The molecule has 1 aliphatic heterocycles. The van der Waals surface area contributed by atoms with Gasteiger partial charge in [0.1, 0.15) is 0 Å². The second-order valence-corrected chi connectivity index (χ2v) is 6.06. The molecule has 1 heterocycles. The number of rotatable bonds is 6. The number of carbonyl (C=O) groups is 2. The van der Waals surface area contributed by atoms with Crippen LogP contribution in [0.3, 0.4) is 0 Å². The molecular formula is C12H23N3O3S. The summed E-state index contributed by atoms with van der Waals surface area (Å²) in [5, 5.41) is 11.7. The number of hydrogen-bond donors (Lipinski definition) is 2. The van der Waals surface area contributed by atoms with Gasteiger partial charge in [0.2, 0.25) is 0 Å². The molecule has 1 saturated heterocycles. The van der Waals surface area contributed by atoms with Gasteiger partial charge in [-0.25, -0.2) is 4.79 Å². The monoisotopic (exact) mass is 289 g/mol. The number of hydrogen-bond acceptors (Lipinski definition) is 4. The van der Waals surface area contributed by atoms with Crippen molar-refractivity contribution in [1.29, 1.82) is 0 Å². The molecule has 0 radical (unpaired) electrons. The molecule has 0 aromatic heterocycles. The van der Waals surface area contributed by atoms with Crippen molar-refractivity contribution in [1.82, 2.24) is 15.1 Å². The average Bonchev–Trinajstić information content (AvgIpc) is 2.34. The van der Waals surface area contributed by atoms with Crippen LogP contribution in [0.25, 0.3) is 0 Å². The fourth-order valence-electron chi connectivity index (χ4n) is 1.99. The second-order valence-electron chi connectivity index (χ2n) is 4.91. The summed E-state index contributed by atoms with van der Waals surface area (Å²) < 4.78 is 0. The minimum absolute atomic E-state index is 0.0259. The lowest BCUT2D eigenvalue weighted by molar-refractivity contribution is -0.137. The van der Waals surface area contributed by atoms with Crippen molar-refractivity contribution in [2.45, 2.75) is 18.9 Å². The van der Waals surface area contributed by atoms with Gasteiger partial charge < -0.3 is 20.2 Å². The summed E-state index contributed by atoms with van der Waals surface area (Å²) >= 11 is 1.71.